The zero-order chi connectivity index (χ0) is 23.1. The summed E-state index contributed by atoms with van der Waals surface area (Å²) in [4.78, 5) is 21.9. The van der Waals surface area contributed by atoms with Crippen LogP contribution < -0.4 is 0 Å². The number of nitrogens with one attached hydrogen (secondary N) is 2. The Hall–Kier alpha value is -3.03. The molecule has 2 N–H and O–H groups in total. The fourth-order valence-electron chi connectivity index (χ4n) is 3.53. The summed E-state index contributed by atoms with van der Waals surface area (Å²) in [6.07, 6.45) is 7.80. The maximum Gasteiger partial charge on any atom is 0.289 e. The highest BCUT2D eigenvalue weighted by molar-refractivity contribution is 6.03. The number of carbonyl (C=O) groups excluding carboxylic acids is 1. The summed E-state index contributed by atoms with van der Waals surface area (Å²) in [5, 5.41) is 8.70. The van der Waals surface area contributed by atoms with E-state index in [1.54, 1.807) is 6.08 Å². The number of hydrogen-bond acceptors (Lipinski definition) is 4. The minimum atomic E-state index is -2.81. The van der Waals surface area contributed by atoms with E-state index in [1.165, 1.54) is 25.3 Å². The van der Waals surface area contributed by atoms with Gasteiger partial charge in [0.25, 0.3) is 12.3 Å². The van der Waals surface area contributed by atoms with Gasteiger partial charge in [-0.1, -0.05) is 30.7 Å². The second-order valence-electron chi connectivity index (χ2n) is 7.48. The Morgan fingerprint density at radius 1 is 1.35 bits per heavy atom. The molecule has 0 fully saturated rings. The summed E-state index contributed by atoms with van der Waals surface area (Å²) in [6, 6.07) is -0.798. The lowest BCUT2D eigenvalue weighted by Gasteiger charge is -2.35. The monoisotopic (exact) mass is 432 g/mol. The van der Waals surface area contributed by atoms with E-state index in [0.29, 0.717) is 12.1 Å². The van der Waals surface area contributed by atoms with Crippen molar-refractivity contribution in [2.24, 2.45) is 0 Å². The predicted octanol–water partition coefficient (Wildman–Crippen LogP) is 4.90. The fourth-order valence-corrected chi connectivity index (χ4v) is 3.53. The van der Waals surface area contributed by atoms with Gasteiger partial charge in [-0.15, -0.1) is 0 Å². The Bertz CT molecular complexity index is 941. The molecule has 6 nitrogen and oxygen atoms in total. The average Bonchev–Trinajstić information content (AvgIpc) is 3.20. The molecule has 1 aromatic rings. The Kier molecular flexibility index (Phi) is 8.47. The Morgan fingerprint density at radius 2 is 2.06 bits per heavy atom. The van der Waals surface area contributed by atoms with Crippen LogP contribution in [0.5, 0.6) is 0 Å². The van der Waals surface area contributed by atoms with Crippen molar-refractivity contribution in [3.8, 4) is 0 Å². The van der Waals surface area contributed by atoms with Gasteiger partial charge >= 0.3 is 0 Å². The van der Waals surface area contributed by atoms with Crippen molar-refractivity contribution in [3.05, 3.63) is 64.5 Å². The molecule has 0 saturated carbocycles. The predicted molar refractivity (Wildman–Crippen MR) is 117 cm³/mol. The SMILES string of the molecule is CC\C=C/C(C)=C\C(C)=C\C(=N)C1c2nc[nH]c2CCN1C(=O)/C(OC)=C(/C)C(F)F. The van der Waals surface area contributed by atoms with Gasteiger partial charge in [0.05, 0.1) is 24.8 Å². The van der Waals surface area contributed by atoms with E-state index < -0.39 is 29.7 Å². The smallest absolute Gasteiger partial charge is 0.289 e. The third-order valence-electron chi connectivity index (χ3n) is 5.02. The maximum absolute atomic E-state index is 13.2. The average molecular weight is 433 g/mol. The van der Waals surface area contributed by atoms with Gasteiger partial charge in [-0.2, -0.15) is 0 Å². The van der Waals surface area contributed by atoms with Gasteiger partial charge in [0, 0.05) is 24.2 Å². The Morgan fingerprint density at radius 3 is 2.68 bits per heavy atom. The number of halogens is 2. The molecule has 2 heterocycles. The molecule has 0 radical (unpaired) electrons. The summed E-state index contributed by atoms with van der Waals surface area (Å²) >= 11 is 0. The van der Waals surface area contributed by atoms with E-state index in [0.717, 1.165) is 23.3 Å². The van der Waals surface area contributed by atoms with E-state index in [9.17, 15) is 13.6 Å². The summed E-state index contributed by atoms with van der Waals surface area (Å²) < 4.78 is 31.5. The van der Waals surface area contributed by atoms with Gasteiger partial charge in [0.15, 0.2) is 5.76 Å². The van der Waals surface area contributed by atoms with Crippen molar-refractivity contribution in [3.63, 3.8) is 0 Å². The topological polar surface area (TPSA) is 82.1 Å². The number of methoxy groups -OCH3 is 1. The van der Waals surface area contributed by atoms with Crippen LogP contribution >= 0.6 is 0 Å². The number of carbonyl (C=O) groups is 1. The third kappa shape index (κ3) is 5.77. The normalized spacial score (nSPS) is 18.3. The molecule has 1 aliphatic rings. The largest absolute Gasteiger partial charge is 0.491 e. The highest BCUT2D eigenvalue weighted by atomic mass is 19.3. The Labute approximate surface area is 181 Å². The van der Waals surface area contributed by atoms with Crippen molar-refractivity contribution in [2.45, 2.75) is 53.0 Å². The van der Waals surface area contributed by atoms with Gasteiger partial charge in [0.1, 0.15) is 6.04 Å². The number of allylic oxidation sites excluding steroid dienone is 6. The number of ether oxygens (including phenoxy) is 1. The number of alkyl halides is 2. The first-order valence-electron chi connectivity index (χ1n) is 10.2. The summed E-state index contributed by atoms with van der Waals surface area (Å²) in [5.74, 6) is -1.07. The van der Waals surface area contributed by atoms with Gasteiger partial charge in [-0.05, 0) is 38.8 Å². The number of aromatic amines is 1. The summed E-state index contributed by atoms with van der Waals surface area (Å²) in [6.45, 7) is 7.33. The van der Waals surface area contributed by atoms with Crippen molar-refractivity contribution in [1.29, 1.82) is 5.41 Å². The fraction of sp³-hybridized carbons (Fsp3) is 0.435. The van der Waals surface area contributed by atoms with E-state index in [4.69, 9.17) is 10.1 Å². The van der Waals surface area contributed by atoms with Crippen LogP contribution in [0.2, 0.25) is 0 Å². The van der Waals surface area contributed by atoms with Crippen molar-refractivity contribution in [1.82, 2.24) is 14.9 Å². The van der Waals surface area contributed by atoms with Crippen LogP contribution in [-0.4, -0.2) is 46.6 Å². The van der Waals surface area contributed by atoms with Crippen LogP contribution in [-0.2, 0) is 16.0 Å². The molecule has 2 rings (SSSR count). The molecule has 1 atom stereocenters. The standard InChI is InChI=1S/C23H30F2N4O2/c1-6-7-8-14(2)11-15(3)12-17(26)20-19-18(27-13-28-19)9-10-29(20)23(30)21(31-5)16(4)22(24)25/h7-8,11-13,20,22,26H,6,9-10H2,1-5H3,(H,27,28)/b8-7-,14-11-,15-12+,21-16+,26-17?. The number of amides is 1. The molecule has 0 aromatic carbocycles. The first kappa shape index (κ1) is 24.2. The van der Waals surface area contributed by atoms with Crippen molar-refractivity contribution < 1.29 is 18.3 Å². The summed E-state index contributed by atoms with van der Waals surface area (Å²) in [5.41, 5.74) is 2.97. The van der Waals surface area contributed by atoms with E-state index in [1.807, 2.05) is 32.1 Å². The molecule has 0 spiro atoms. The molecule has 31 heavy (non-hydrogen) atoms. The molecule has 0 saturated heterocycles. The minimum absolute atomic E-state index is 0.146. The minimum Gasteiger partial charge on any atom is -0.491 e. The van der Waals surface area contributed by atoms with Crippen molar-refractivity contribution >= 4 is 11.6 Å². The molecular weight excluding hydrogens is 402 g/mol. The van der Waals surface area contributed by atoms with Crippen LogP contribution in [0, 0.1) is 5.41 Å². The van der Waals surface area contributed by atoms with E-state index >= 15 is 0 Å². The first-order valence-corrected chi connectivity index (χ1v) is 10.2. The molecule has 1 aromatic heterocycles. The lowest BCUT2D eigenvalue weighted by atomic mass is 9.96. The van der Waals surface area contributed by atoms with Crippen LogP contribution in [0.1, 0.15) is 51.5 Å². The Balaban J connectivity index is 2.44. The second kappa shape index (κ2) is 10.8. The lowest BCUT2D eigenvalue weighted by molar-refractivity contribution is -0.132. The zero-order valence-electron chi connectivity index (χ0n) is 18.6. The number of fused-ring (bicyclic) bond motifs is 1. The van der Waals surface area contributed by atoms with Crippen LogP contribution in [0.3, 0.4) is 0 Å². The number of hydrogen-bond donors (Lipinski definition) is 2. The molecular formula is C23H30F2N4O2. The molecule has 0 aliphatic carbocycles. The quantitative estimate of drug-likeness (QED) is 0.265. The highest BCUT2D eigenvalue weighted by Gasteiger charge is 2.37. The number of imidazole rings is 1. The molecule has 1 unspecified atom stereocenters. The van der Waals surface area contributed by atoms with Gasteiger partial charge in [-0.3, -0.25) is 4.79 Å². The van der Waals surface area contributed by atoms with E-state index in [2.05, 4.69) is 16.9 Å². The first-order chi connectivity index (χ1) is 14.7. The summed E-state index contributed by atoms with van der Waals surface area (Å²) in [7, 11) is 1.20. The van der Waals surface area contributed by atoms with Crippen LogP contribution in [0.15, 0.2) is 53.1 Å². The maximum atomic E-state index is 13.2. The number of H-pyrrole nitrogens is 1. The van der Waals surface area contributed by atoms with Gasteiger partial charge in [0.2, 0.25) is 0 Å². The molecule has 0 bridgehead atoms. The molecule has 1 aliphatic heterocycles. The zero-order valence-corrected chi connectivity index (χ0v) is 18.6. The third-order valence-corrected chi connectivity index (χ3v) is 5.02. The van der Waals surface area contributed by atoms with Gasteiger partial charge in [-0.25, -0.2) is 13.8 Å². The van der Waals surface area contributed by atoms with Gasteiger partial charge < -0.3 is 20.0 Å². The number of rotatable bonds is 8. The van der Waals surface area contributed by atoms with Crippen LogP contribution in [0.25, 0.3) is 0 Å². The van der Waals surface area contributed by atoms with Crippen LogP contribution in [0.4, 0.5) is 8.78 Å². The lowest BCUT2D eigenvalue weighted by Crippen LogP contribution is -2.44. The van der Waals surface area contributed by atoms with E-state index in [-0.39, 0.29) is 12.3 Å². The number of nitrogens with zero attached hydrogens (tertiary/aromatic N) is 2. The second-order valence-corrected chi connectivity index (χ2v) is 7.48. The van der Waals surface area contributed by atoms with Crippen molar-refractivity contribution in [2.75, 3.05) is 13.7 Å². The number of aromatic nitrogens is 2. The molecule has 1 amide bonds. The molecule has 168 valence electrons. The molecule has 8 heteroatoms. The highest BCUT2D eigenvalue weighted by Crippen LogP contribution is 2.31.